The summed E-state index contributed by atoms with van der Waals surface area (Å²) in [7, 11) is 0. The van der Waals surface area contributed by atoms with E-state index >= 15 is 0 Å². The summed E-state index contributed by atoms with van der Waals surface area (Å²) < 4.78 is 5.42. The number of Topliss-reactive ketones (excluding diaryl/α,β-unsaturated/α-hetero) is 1. The molecule has 2 aromatic rings. The lowest BCUT2D eigenvalue weighted by Gasteiger charge is -2.27. The average molecular weight is 473 g/mol. The van der Waals surface area contributed by atoms with E-state index in [9.17, 15) is 28.8 Å². The number of esters is 1. The van der Waals surface area contributed by atoms with E-state index in [0.717, 1.165) is 11.1 Å². The number of imide groups is 2. The van der Waals surface area contributed by atoms with Crippen molar-refractivity contribution in [2.75, 3.05) is 5.32 Å². The minimum absolute atomic E-state index is 0.00914. The van der Waals surface area contributed by atoms with Gasteiger partial charge in [0.1, 0.15) is 17.7 Å². The molecule has 2 aromatic carbocycles. The molecule has 3 heterocycles. The third-order valence-electron chi connectivity index (χ3n) is 6.15. The fourth-order valence-electron chi connectivity index (χ4n) is 4.40. The number of fused-ring (bicyclic) bond motifs is 1. The number of nitrogens with zero attached hydrogens (tertiary/aromatic N) is 1. The lowest BCUT2D eigenvalue weighted by Crippen LogP contribution is -2.54. The molecule has 10 heteroatoms. The summed E-state index contributed by atoms with van der Waals surface area (Å²) in [4.78, 5) is 75.8. The summed E-state index contributed by atoms with van der Waals surface area (Å²) in [5.74, 6) is -3.77. The van der Waals surface area contributed by atoms with Gasteiger partial charge in [-0.2, -0.15) is 0 Å². The van der Waals surface area contributed by atoms with Crippen molar-refractivity contribution in [1.82, 2.24) is 10.2 Å². The van der Waals surface area contributed by atoms with E-state index in [1.807, 2.05) is 6.07 Å². The molecule has 5 rings (SSSR count). The zero-order chi connectivity index (χ0) is 24.7. The van der Waals surface area contributed by atoms with Gasteiger partial charge in [-0.3, -0.25) is 34.2 Å². The van der Waals surface area contributed by atoms with Crippen LogP contribution >= 0.6 is 0 Å². The van der Waals surface area contributed by atoms with Crippen molar-refractivity contribution < 1.29 is 33.5 Å². The van der Waals surface area contributed by atoms with Gasteiger partial charge in [-0.15, -0.1) is 0 Å². The van der Waals surface area contributed by atoms with Crippen LogP contribution < -0.4 is 10.6 Å². The number of nitrogens with one attached hydrogen (secondary N) is 2. The highest BCUT2D eigenvalue weighted by Gasteiger charge is 2.45. The van der Waals surface area contributed by atoms with Crippen molar-refractivity contribution in [3.63, 3.8) is 0 Å². The van der Waals surface area contributed by atoms with Gasteiger partial charge in [0.2, 0.25) is 11.8 Å². The van der Waals surface area contributed by atoms with Crippen LogP contribution in [0.4, 0.5) is 5.69 Å². The third-order valence-corrected chi connectivity index (χ3v) is 6.15. The van der Waals surface area contributed by atoms with Crippen molar-refractivity contribution in [3.8, 4) is 0 Å². The van der Waals surface area contributed by atoms with Crippen LogP contribution in [0.5, 0.6) is 0 Å². The maximum absolute atomic E-state index is 13.2. The predicted molar refractivity (Wildman–Crippen MR) is 120 cm³/mol. The van der Waals surface area contributed by atoms with Crippen LogP contribution in [0.15, 0.2) is 60.3 Å². The maximum atomic E-state index is 13.2. The Morgan fingerprint density at radius 1 is 0.943 bits per heavy atom. The van der Waals surface area contributed by atoms with Gasteiger partial charge >= 0.3 is 5.97 Å². The molecular weight excluding hydrogens is 454 g/mol. The molecule has 0 aliphatic carbocycles. The summed E-state index contributed by atoms with van der Waals surface area (Å²) in [5.41, 5.74) is 0.768. The molecule has 4 amide bonds. The Morgan fingerprint density at radius 3 is 2.43 bits per heavy atom. The number of amides is 4. The summed E-state index contributed by atoms with van der Waals surface area (Å²) in [6.45, 7) is 0. The molecule has 0 radical (unpaired) electrons. The monoisotopic (exact) mass is 473 g/mol. The number of hydrogen-bond donors (Lipinski definition) is 2. The summed E-state index contributed by atoms with van der Waals surface area (Å²) in [6, 6.07) is 12.3. The highest BCUT2D eigenvalue weighted by Crippen LogP contribution is 2.33. The topological polar surface area (TPSA) is 139 Å². The van der Waals surface area contributed by atoms with Gasteiger partial charge in [-0.05, 0) is 24.1 Å². The number of benzene rings is 2. The largest absolute Gasteiger partial charge is 0.453 e. The first-order valence-electron chi connectivity index (χ1n) is 11.0. The van der Waals surface area contributed by atoms with Gasteiger partial charge in [-0.1, -0.05) is 36.4 Å². The zero-order valence-corrected chi connectivity index (χ0v) is 18.3. The predicted octanol–water partition coefficient (Wildman–Crippen LogP) is 1.64. The first kappa shape index (κ1) is 22.2. The molecule has 10 nitrogen and oxygen atoms in total. The number of ketones is 1. The molecule has 2 unspecified atom stereocenters. The van der Waals surface area contributed by atoms with Crippen LogP contribution in [0, 0.1) is 0 Å². The Bertz CT molecular complexity index is 1310. The van der Waals surface area contributed by atoms with E-state index in [-0.39, 0.29) is 41.6 Å². The number of anilines is 1. The minimum atomic E-state index is -1.10. The smallest absolute Gasteiger partial charge is 0.343 e. The molecule has 0 bridgehead atoms. The summed E-state index contributed by atoms with van der Waals surface area (Å²) in [6.07, 6.45) is 0.488. The van der Waals surface area contributed by atoms with Gasteiger partial charge in [0.25, 0.3) is 11.8 Å². The Kier molecular flexibility index (Phi) is 5.48. The SMILES string of the molecule is O=C1CCC(N2C(=O)c3cccc(N/C=C4\C(=O)CC(c5ccccc5)OC4=O)c3C2=O)C(=O)N1. The molecule has 3 aliphatic heterocycles. The normalized spacial score (nSPS) is 23.3. The standard InChI is InChI=1S/C25H19N3O7/c29-18-11-19(13-5-2-1-3-6-13)35-25(34)15(18)12-26-16-8-4-7-14-21(16)24(33)28(23(14)32)17-9-10-20(30)27-22(17)31/h1-8,12,17,19,26H,9-11H2,(H,27,30,31)/b15-12+. The molecule has 35 heavy (non-hydrogen) atoms. The van der Waals surface area contributed by atoms with E-state index < -0.39 is 47.5 Å². The molecule has 2 N–H and O–H groups in total. The highest BCUT2D eigenvalue weighted by atomic mass is 16.5. The zero-order valence-electron chi connectivity index (χ0n) is 18.3. The fraction of sp³-hybridized carbons (Fsp3) is 0.200. The molecule has 176 valence electrons. The Hall–Kier alpha value is -4.60. The molecule has 0 aromatic heterocycles. The summed E-state index contributed by atoms with van der Waals surface area (Å²) in [5, 5.41) is 4.93. The Labute approximate surface area is 198 Å². The van der Waals surface area contributed by atoms with Gasteiger partial charge in [-0.25, -0.2) is 4.79 Å². The van der Waals surface area contributed by atoms with Gasteiger partial charge in [0.05, 0.1) is 23.2 Å². The van der Waals surface area contributed by atoms with Gasteiger partial charge in [0.15, 0.2) is 5.78 Å². The lowest BCUT2D eigenvalue weighted by molar-refractivity contribution is -0.151. The van der Waals surface area contributed by atoms with Gasteiger partial charge in [0, 0.05) is 12.6 Å². The Balaban J connectivity index is 1.38. The van der Waals surface area contributed by atoms with Crippen molar-refractivity contribution >= 4 is 41.1 Å². The van der Waals surface area contributed by atoms with E-state index in [1.54, 1.807) is 24.3 Å². The first-order chi connectivity index (χ1) is 16.8. The number of piperidine rings is 1. The minimum Gasteiger partial charge on any atom is -0.453 e. The molecular formula is C25H19N3O7. The number of carbonyl (C=O) groups is 6. The van der Waals surface area contributed by atoms with Crippen molar-refractivity contribution in [2.45, 2.75) is 31.4 Å². The second-order valence-electron chi connectivity index (χ2n) is 8.31. The first-order valence-corrected chi connectivity index (χ1v) is 11.0. The third kappa shape index (κ3) is 3.88. The van der Waals surface area contributed by atoms with Crippen LogP contribution in [0.1, 0.15) is 51.6 Å². The van der Waals surface area contributed by atoms with E-state index in [1.165, 1.54) is 18.2 Å². The van der Waals surface area contributed by atoms with Crippen molar-refractivity contribution in [2.24, 2.45) is 0 Å². The molecule has 2 saturated heterocycles. The van der Waals surface area contributed by atoms with Gasteiger partial charge < -0.3 is 10.1 Å². The van der Waals surface area contributed by atoms with Crippen molar-refractivity contribution in [3.05, 3.63) is 77.0 Å². The summed E-state index contributed by atoms with van der Waals surface area (Å²) >= 11 is 0. The van der Waals surface area contributed by atoms with Crippen LogP contribution in [0.25, 0.3) is 0 Å². The number of cyclic esters (lactones) is 1. The molecule has 2 fully saturated rings. The maximum Gasteiger partial charge on any atom is 0.343 e. The van der Waals surface area contributed by atoms with Crippen LogP contribution in [0.2, 0.25) is 0 Å². The second kappa shape index (κ2) is 8.64. The van der Waals surface area contributed by atoms with E-state index in [2.05, 4.69) is 10.6 Å². The molecule has 0 spiro atoms. The second-order valence-corrected chi connectivity index (χ2v) is 8.31. The van der Waals surface area contributed by atoms with Crippen LogP contribution in [-0.4, -0.2) is 46.3 Å². The highest BCUT2D eigenvalue weighted by molar-refractivity contribution is 6.25. The lowest BCUT2D eigenvalue weighted by atomic mass is 9.97. The molecule has 0 saturated carbocycles. The number of rotatable bonds is 4. The Morgan fingerprint density at radius 2 is 1.71 bits per heavy atom. The molecule has 3 aliphatic rings. The van der Waals surface area contributed by atoms with Crippen molar-refractivity contribution in [1.29, 1.82) is 0 Å². The van der Waals surface area contributed by atoms with E-state index in [4.69, 9.17) is 4.74 Å². The number of ether oxygens (including phenoxy) is 1. The van der Waals surface area contributed by atoms with Crippen LogP contribution in [0.3, 0.4) is 0 Å². The van der Waals surface area contributed by atoms with Crippen LogP contribution in [-0.2, 0) is 23.9 Å². The quantitative estimate of drug-likeness (QED) is 0.296. The molecule has 2 atom stereocenters. The number of hydrogen-bond acceptors (Lipinski definition) is 8. The van der Waals surface area contributed by atoms with E-state index in [0.29, 0.717) is 5.56 Å². The fourth-order valence-corrected chi connectivity index (χ4v) is 4.40. The average Bonchev–Trinajstić information content (AvgIpc) is 3.09. The number of carbonyl (C=O) groups excluding carboxylic acids is 6.